The molecule has 3 N–H and O–H groups in total. The number of allylic oxidation sites excluding steroid dienone is 2. The summed E-state index contributed by atoms with van der Waals surface area (Å²) in [6, 6.07) is 8.23. The van der Waals surface area contributed by atoms with E-state index in [1.807, 2.05) is 12.1 Å². The predicted molar refractivity (Wildman–Crippen MR) is 82.0 cm³/mol. The summed E-state index contributed by atoms with van der Waals surface area (Å²) in [4.78, 5) is 4.14. The van der Waals surface area contributed by atoms with Crippen LogP contribution >= 0.6 is 0 Å². The van der Waals surface area contributed by atoms with Crippen molar-refractivity contribution in [2.75, 3.05) is 13.1 Å². The van der Waals surface area contributed by atoms with Crippen LogP contribution in [0.25, 0.3) is 5.57 Å². The molecular formula is C16H19N3. The molecule has 0 spiro atoms. The van der Waals surface area contributed by atoms with E-state index in [4.69, 9.17) is 5.73 Å². The van der Waals surface area contributed by atoms with E-state index in [9.17, 15) is 0 Å². The average Bonchev–Trinajstić information content (AvgIpc) is 2.48. The molecule has 0 radical (unpaired) electrons. The van der Waals surface area contributed by atoms with Crippen LogP contribution in [0.4, 0.5) is 0 Å². The molecule has 0 saturated carbocycles. The highest BCUT2D eigenvalue weighted by Crippen LogP contribution is 2.19. The van der Waals surface area contributed by atoms with Gasteiger partial charge in [-0.05, 0) is 30.2 Å². The number of nitrogens with zero attached hydrogens (tertiary/aromatic N) is 1. The van der Waals surface area contributed by atoms with Crippen LogP contribution in [0, 0.1) is 0 Å². The lowest BCUT2D eigenvalue weighted by Gasteiger charge is -2.14. The van der Waals surface area contributed by atoms with E-state index < -0.39 is 0 Å². The minimum Gasteiger partial charge on any atom is -0.383 e. The summed E-state index contributed by atoms with van der Waals surface area (Å²) < 4.78 is 0. The van der Waals surface area contributed by atoms with Crippen molar-refractivity contribution < 1.29 is 0 Å². The van der Waals surface area contributed by atoms with Crippen LogP contribution in [0.1, 0.15) is 17.5 Å². The highest BCUT2D eigenvalue weighted by molar-refractivity contribution is 5.98. The van der Waals surface area contributed by atoms with Gasteiger partial charge in [0, 0.05) is 18.3 Å². The van der Waals surface area contributed by atoms with Crippen molar-refractivity contribution in [3.63, 3.8) is 0 Å². The van der Waals surface area contributed by atoms with Crippen LogP contribution in [0.2, 0.25) is 0 Å². The van der Waals surface area contributed by atoms with E-state index in [1.165, 1.54) is 11.1 Å². The molecule has 0 amide bonds. The van der Waals surface area contributed by atoms with E-state index in [2.05, 4.69) is 35.1 Å². The van der Waals surface area contributed by atoms with Crippen LogP contribution in [0.15, 0.2) is 60.3 Å². The zero-order chi connectivity index (χ0) is 13.5. The molecule has 98 valence electrons. The monoisotopic (exact) mass is 253 g/mol. The minimum atomic E-state index is 0.518. The fraction of sp³-hybridized carbons (Fsp3) is 0.188. The molecule has 0 aromatic heterocycles. The highest BCUT2D eigenvalue weighted by atomic mass is 14.8. The molecular weight excluding hydrogens is 234 g/mol. The Morgan fingerprint density at radius 1 is 1.32 bits per heavy atom. The molecule has 0 atom stereocenters. The van der Waals surface area contributed by atoms with Crippen molar-refractivity contribution in [3.8, 4) is 0 Å². The Morgan fingerprint density at radius 3 is 2.74 bits per heavy atom. The SMILES string of the molecule is C=C/C=C\N=C(/N)c1ccc(C2=CCNCC2)cc1. The van der Waals surface area contributed by atoms with E-state index >= 15 is 0 Å². The summed E-state index contributed by atoms with van der Waals surface area (Å²) in [5.41, 5.74) is 9.50. The van der Waals surface area contributed by atoms with Gasteiger partial charge < -0.3 is 11.1 Å². The largest absolute Gasteiger partial charge is 0.383 e. The molecule has 1 aliphatic heterocycles. The number of hydrogen-bond acceptors (Lipinski definition) is 2. The first kappa shape index (κ1) is 13.3. The molecule has 19 heavy (non-hydrogen) atoms. The number of nitrogens with two attached hydrogens (primary N) is 1. The number of amidine groups is 1. The maximum Gasteiger partial charge on any atom is 0.130 e. The normalized spacial score (nSPS) is 16.4. The van der Waals surface area contributed by atoms with Gasteiger partial charge in [0.1, 0.15) is 5.84 Å². The lowest BCUT2D eigenvalue weighted by Crippen LogP contribution is -2.20. The van der Waals surface area contributed by atoms with E-state index in [-0.39, 0.29) is 0 Å². The van der Waals surface area contributed by atoms with E-state index in [0.29, 0.717) is 5.84 Å². The quantitative estimate of drug-likeness (QED) is 0.492. The van der Waals surface area contributed by atoms with Crippen LogP contribution < -0.4 is 11.1 Å². The van der Waals surface area contributed by atoms with Crippen molar-refractivity contribution in [1.82, 2.24) is 5.32 Å². The van der Waals surface area contributed by atoms with Gasteiger partial charge in [-0.25, -0.2) is 4.99 Å². The fourth-order valence-corrected chi connectivity index (χ4v) is 2.00. The third-order valence-electron chi connectivity index (χ3n) is 3.05. The molecule has 1 heterocycles. The number of aliphatic imine (C=N–C) groups is 1. The first-order valence-corrected chi connectivity index (χ1v) is 6.42. The standard InChI is InChI=1S/C16H19N3/c1-2-3-10-19-16(17)15-6-4-13(5-7-15)14-8-11-18-12-9-14/h2-8,10,18H,1,9,11-12H2,(H2,17,19)/b10-3-. The summed E-state index contributed by atoms with van der Waals surface area (Å²) in [7, 11) is 0. The van der Waals surface area contributed by atoms with Crippen molar-refractivity contribution in [2.24, 2.45) is 10.7 Å². The zero-order valence-electron chi connectivity index (χ0n) is 11.0. The Morgan fingerprint density at radius 2 is 2.11 bits per heavy atom. The number of rotatable bonds is 4. The molecule has 0 saturated heterocycles. The summed E-state index contributed by atoms with van der Waals surface area (Å²) >= 11 is 0. The molecule has 0 bridgehead atoms. The number of nitrogens with one attached hydrogen (secondary N) is 1. The van der Waals surface area contributed by atoms with Gasteiger partial charge in [-0.3, -0.25) is 0 Å². The van der Waals surface area contributed by atoms with Gasteiger partial charge in [0.25, 0.3) is 0 Å². The third kappa shape index (κ3) is 3.66. The fourth-order valence-electron chi connectivity index (χ4n) is 2.00. The molecule has 1 aromatic rings. The van der Waals surface area contributed by atoms with Crippen LogP contribution in [-0.4, -0.2) is 18.9 Å². The molecule has 3 heteroatoms. The minimum absolute atomic E-state index is 0.518. The highest BCUT2D eigenvalue weighted by Gasteiger charge is 2.06. The third-order valence-corrected chi connectivity index (χ3v) is 3.05. The summed E-state index contributed by atoms with van der Waals surface area (Å²) in [6.07, 6.45) is 8.38. The zero-order valence-corrected chi connectivity index (χ0v) is 11.0. The smallest absolute Gasteiger partial charge is 0.130 e. The number of hydrogen-bond donors (Lipinski definition) is 2. The van der Waals surface area contributed by atoms with Crippen LogP contribution in [-0.2, 0) is 0 Å². The molecule has 0 aliphatic carbocycles. The van der Waals surface area contributed by atoms with Crippen LogP contribution in [0.3, 0.4) is 0 Å². The van der Waals surface area contributed by atoms with Gasteiger partial charge in [0.2, 0.25) is 0 Å². The Bertz CT molecular complexity index is 521. The molecule has 3 nitrogen and oxygen atoms in total. The van der Waals surface area contributed by atoms with Gasteiger partial charge in [-0.1, -0.05) is 43.0 Å². The van der Waals surface area contributed by atoms with Gasteiger partial charge in [-0.2, -0.15) is 0 Å². The second-order valence-electron chi connectivity index (χ2n) is 4.35. The molecule has 0 unspecified atom stereocenters. The lowest BCUT2D eigenvalue weighted by molar-refractivity contribution is 0.738. The number of benzene rings is 1. The van der Waals surface area contributed by atoms with E-state index in [1.54, 1.807) is 18.4 Å². The lowest BCUT2D eigenvalue weighted by atomic mass is 9.99. The first-order chi connectivity index (χ1) is 9.31. The molecule has 1 aliphatic rings. The van der Waals surface area contributed by atoms with Gasteiger partial charge >= 0.3 is 0 Å². The predicted octanol–water partition coefficient (Wildman–Crippen LogP) is 2.47. The van der Waals surface area contributed by atoms with Gasteiger partial charge in [0.15, 0.2) is 0 Å². The maximum absolute atomic E-state index is 5.90. The summed E-state index contributed by atoms with van der Waals surface area (Å²) in [5, 5.41) is 3.31. The maximum atomic E-state index is 5.90. The van der Waals surface area contributed by atoms with Crippen LogP contribution in [0.5, 0.6) is 0 Å². The second-order valence-corrected chi connectivity index (χ2v) is 4.35. The Labute approximate surface area is 114 Å². The second kappa shape index (κ2) is 6.71. The molecule has 0 fully saturated rings. The summed E-state index contributed by atoms with van der Waals surface area (Å²) in [6.45, 7) is 5.58. The summed E-state index contributed by atoms with van der Waals surface area (Å²) in [5.74, 6) is 0.518. The topological polar surface area (TPSA) is 50.4 Å². The van der Waals surface area contributed by atoms with Crippen molar-refractivity contribution >= 4 is 11.4 Å². The van der Waals surface area contributed by atoms with E-state index in [0.717, 1.165) is 25.1 Å². The van der Waals surface area contributed by atoms with Crippen molar-refractivity contribution in [3.05, 3.63) is 66.4 Å². The Balaban J connectivity index is 2.14. The molecule has 1 aromatic carbocycles. The Hall–Kier alpha value is -2.13. The van der Waals surface area contributed by atoms with Gasteiger partial charge in [-0.15, -0.1) is 0 Å². The molecule has 2 rings (SSSR count). The average molecular weight is 253 g/mol. The van der Waals surface area contributed by atoms with Crippen molar-refractivity contribution in [1.29, 1.82) is 0 Å². The van der Waals surface area contributed by atoms with Crippen molar-refractivity contribution in [2.45, 2.75) is 6.42 Å². The van der Waals surface area contributed by atoms with Gasteiger partial charge in [0.05, 0.1) is 0 Å². The Kier molecular flexibility index (Phi) is 4.70. The first-order valence-electron chi connectivity index (χ1n) is 6.42.